The van der Waals surface area contributed by atoms with Crippen LogP contribution < -0.4 is 15.0 Å². The Bertz CT molecular complexity index is 741. The number of rotatable bonds is 12. The van der Waals surface area contributed by atoms with Gasteiger partial charge in [-0.3, -0.25) is 4.79 Å². The number of nitrogens with one attached hydrogen (secondary N) is 1. The lowest BCUT2D eigenvalue weighted by atomic mass is 9.95. The summed E-state index contributed by atoms with van der Waals surface area (Å²) in [4.78, 5) is 14.8. The number of likely N-dealkylation sites (N-methyl/N-ethyl adjacent to an activating group) is 1. The highest BCUT2D eigenvalue weighted by Gasteiger charge is 2.32. The average molecular weight is 465 g/mol. The summed E-state index contributed by atoms with van der Waals surface area (Å²) >= 11 is 4.90. The zero-order chi connectivity index (χ0) is 23.5. The average Bonchev–Trinajstić information content (AvgIpc) is 2.73. The Balaban J connectivity index is 1.86. The summed E-state index contributed by atoms with van der Waals surface area (Å²) in [5.74, 6) is 0.926. The van der Waals surface area contributed by atoms with Crippen molar-refractivity contribution in [1.82, 2.24) is 5.32 Å². The van der Waals surface area contributed by atoms with Gasteiger partial charge in [0.05, 0.1) is 25.9 Å². The molecule has 1 aromatic rings. The Morgan fingerprint density at radius 1 is 1.19 bits per heavy atom. The molecule has 7 heteroatoms. The summed E-state index contributed by atoms with van der Waals surface area (Å²) < 4.78 is 11.3. The maximum Gasteiger partial charge on any atom is 0.243 e. The minimum absolute atomic E-state index is 0.0394. The predicted octanol–water partition coefficient (Wildman–Crippen LogP) is 4.26. The maximum atomic E-state index is 12.8. The number of amides is 1. The van der Waals surface area contributed by atoms with Crippen LogP contribution in [-0.4, -0.2) is 55.0 Å². The second-order valence-electron chi connectivity index (χ2n) is 8.99. The van der Waals surface area contributed by atoms with E-state index in [1.165, 1.54) is 19.3 Å². The molecule has 0 radical (unpaired) electrons. The van der Waals surface area contributed by atoms with E-state index >= 15 is 0 Å². The molecule has 6 nitrogen and oxygen atoms in total. The van der Waals surface area contributed by atoms with E-state index in [2.05, 4.69) is 11.4 Å². The van der Waals surface area contributed by atoms with Gasteiger partial charge in [0.1, 0.15) is 11.8 Å². The molecule has 2 atom stereocenters. The van der Waals surface area contributed by atoms with Gasteiger partial charge < -0.3 is 24.8 Å². The molecule has 0 saturated heterocycles. The van der Waals surface area contributed by atoms with Crippen molar-refractivity contribution < 1.29 is 19.4 Å². The van der Waals surface area contributed by atoms with Crippen molar-refractivity contribution in [3.63, 3.8) is 0 Å². The Labute approximate surface area is 198 Å². The van der Waals surface area contributed by atoms with Crippen molar-refractivity contribution in [2.24, 2.45) is 5.92 Å². The van der Waals surface area contributed by atoms with Crippen LogP contribution in [0, 0.1) is 5.92 Å². The number of thiocarbonyl (C=S) groups is 1. The third-order valence-electron chi connectivity index (χ3n) is 5.90. The van der Waals surface area contributed by atoms with Crippen LogP contribution in [0.1, 0.15) is 64.9 Å². The molecule has 180 valence electrons. The Morgan fingerprint density at radius 3 is 2.47 bits per heavy atom. The fourth-order valence-electron chi connectivity index (χ4n) is 4.24. The molecule has 32 heavy (non-hydrogen) atoms. The number of nitrogens with zero attached hydrogens (tertiary/aromatic N) is 1. The minimum atomic E-state index is -0.295. The lowest BCUT2D eigenvalue weighted by Crippen LogP contribution is -2.54. The maximum absolute atomic E-state index is 12.8. The van der Waals surface area contributed by atoms with Crippen LogP contribution in [0.25, 0.3) is 0 Å². The predicted molar refractivity (Wildman–Crippen MR) is 134 cm³/mol. The molecular formula is C25H40N2O4S. The van der Waals surface area contributed by atoms with E-state index in [1.807, 2.05) is 44.9 Å². The fourth-order valence-corrected chi connectivity index (χ4v) is 4.32. The van der Waals surface area contributed by atoms with Gasteiger partial charge in [-0.15, -0.1) is 0 Å². The molecule has 1 amide bonds. The molecule has 1 aromatic carbocycles. The van der Waals surface area contributed by atoms with Gasteiger partial charge >= 0.3 is 0 Å². The summed E-state index contributed by atoms with van der Waals surface area (Å²) in [5, 5.41) is 13.3. The highest BCUT2D eigenvalue weighted by Crippen LogP contribution is 2.31. The van der Waals surface area contributed by atoms with E-state index in [4.69, 9.17) is 21.7 Å². The largest absolute Gasteiger partial charge is 0.494 e. The molecule has 2 N–H and O–H groups in total. The normalized spacial score (nSPS) is 18.6. The van der Waals surface area contributed by atoms with E-state index in [1.54, 1.807) is 0 Å². The topological polar surface area (TPSA) is 71.0 Å². The molecule has 1 aliphatic rings. The zero-order valence-electron chi connectivity index (χ0n) is 20.1. The van der Waals surface area contributed by atoms with Crippen molar-refractivity contribution >= 4 is 28.9 Å². The van der Waals surface area contributed by atoms with Crippen molar-refractivity contribution in [3.05, 3.63) is 23.8 Å². The highest BCUT2D eigenvalue weighted by atomic mass is 32.1. The lowest BCUT2D eigenvalue weighted by Gasteiger charge is -2.37. The van der Waals surface area contributed by atoms with E-state index in [0.29, 0.717) is 18.1 Å². The quantitative estimate of drug-likeness (QED) is 0.356. The van der Waals surface area contributed by atoms with Gasteiger partial charge in [-0.1, -0.05) is 45.6 Å². The van der Waals surface area contributed by atoms with Crippen LogP contribution in [0.2, 0.25) is 0 Å². The van der Waals surface area contributed by atoms with Crippen LogP contribution >= 0.6 is 12.2 Å². The van der Waals surface area contributed by atoms with E-state index < -0.39 is 0 Å². The molecule has 1 unspecified atom stereocenters. The van der Waals surface area contributed by atoms with E-state index in [0.717, 1.165) is 42.9 Å². The van der Waals surface area contributed by atoms with Gasteiger partial charge in [0.25, 0.3) is 0 Å². The van der Waals surface area contributed by atoms with Crippen LogP contribution in [0.5, 0.6) is 5.75 Å². The van der Waals surface area contributed by atoms with Gasteiger partial charge in [0.15, 0.2) is 5.05 Å². The van der Waals surface area contributed by atoms with Crippen LogP contribution in [0.15, 0.2) is 18.2 Å². The number of ether oxygens (including phenoxy) is 2. The van der Waals surface area contributed by atoms with Gasteiger partial charge in [-0.05, 0) is 49.0 Å². The first-order chi connectivity index (χ1) is 15.3. The molecular weight excluding hydrogens is 424 g/mol. The number of aliphatic hydroxyl groups excluding tert-OH is 1. The summed E-state index contributed by atoms with van der Waals surface area (Å²) in [5.41, 5.74) is 2.11. The van der Waals surface area contributed by atoms with E-state index in [9.17, 15) is 9.90 Å². The Morgan fingerprint density at radius 2 is 1.84 bits per heavy atom. The second kappa shape index (κ2) is 13.6. The Hall–Kier alpha value is -1.86. The van der Waals surface area contributed by atoms with Crippen LogP contribution in [0.4, 0.5) is 5.69 Å². The molecule has 0 aliphatic carbocycles. The third kappa shape index (κ3) is 8.24. The molecule has 2 rings (SSSR count). The number of fused-ring (bicyclic) bond motifs is 1. The fraction of sp³-hybridized carbons (Fsp3) is 0.680. The summed E-state index contributed by atoms with van der Waals surface area (Å²) in [7, 11) is 1.96. The van der Waals surface area contributed by atoms with Crippen molar-refractivity contribution in [2.45, 2.75) is 77.8 Å². The summed E-state index contributed by atoms with van der Waals surface area (Å²) in [6.07, 6.45) is 7.38. The van der Waals surface area contributed by atoms with Gasteiger partial charge in [0, 0.05) is 25.7 Å². The second-order valence-corrected chi connectivity index (χ2v) is 9.57. The standard InChI is InChI=1S/C25H40N2O4S/c1-18(2)24-25(29)26-21(17-28)15-20-11-12-22(16-23(20)27(24)4)31-14-10-8-6-5-7-9-13-30-19(3)32/h11-12,16,18,21,24,28H,5-10,13-15,17H2,1-4H3,(H,26,29)/t21?,24-/m0/s1. The van der Waals surface area contributed by atoms with Crippen LogP contribution in [0.3, 0.4) is 0 Å². The minimum Gasteiger partial charge on any atom is -0.494 e. The molecule has 1 aliphatic heterocycles. The molecule has 0 bridgehead atoms. The monoisotopic (exact) mass is 464 g/mol. The zero-order valence-corrected chi connectivity index (χ0v) is 20.9. The smallest absolute Gasteiger partial charge is 0.243 e. The summed E-state index contributed by atoms with van der Waals surface area (Å²) in [6.45, 7) is 7.23. The first-order valence-corrected chi connectivity index (χ1v) is 12.3. The highest BCUT2D eigenvalue weighted by molar-refractivity contribution is 7.80. The number of hydrogen-bond acceptors (Lipinski definition) is 6. The van der Waals surface area contributed by atoms with Crippen molar-refractivity contribution in [1.29, 1.82) is 0 Å². The lowest BCUT2D eigenvalue weighted by molar-refractivity contribution is -0.124. The number of aliphatic hydroxyl groups is 1. The van der Waals surface area contributed by atoms with Gasteiger partial charge in [-0.25, -0.2) is 0 Å². The number of hydrogen-bond donors (Lipinski definition) is 2. The van der Waals surface area contributed by atoms with Crippen molar-refractivity contribution in [2.75, 3.05) is 31.8 Å². The summed E-state index contributed by atoms with van der Waals surface area (Å²) in [6, 6.07) is 5.52. The number of unbranched alkanes of at least 4 members (excludes halogenated alkanes) is 5. The SMILES string of the molecule is CC(=S)OCCCCCCCCOc1ccc2c(c1)N(C)[C@@H](C(C)C)C(=O)NC(CO)C2. The van der Waals surface area contributed by atoms with Crippen molar-refractivity contribution in [3.8, 4) is 5.75 Å². The molecule has 0 spiro atoms. The molecule has 1 heterocycles. The molecule has 0 aromatic heterocycles. The number of carbonyl (C=O) groups is 1. The number of benzene rings is 1. The first-order valence-electron chi connectivity index (χ1n) is 11.9. The van der Waals surface area contributed by atoms with E-state index in [-0.39, 0.29) is 30.5 Å². The molecule has 0 saturated carbocycles. The first kappa shape index (κ1) is 26.4. The Kier molecular flexibility index (Phi) is 11.2. The van der Waals surface area contributed by atoms with Gasteiger partial charge in [-0.2, -0.15) is 0 Å². The molecule has 0 fully saturated rings. The number of anilines is 1. The number of carbonyl (C=O) groups excluding carboxylic acids is 1. The van der Waals surface area contributed by atoms with Gasteiger partial charge in [0.2, 0.25) is 5.91 Å². The third-order valence-corrected chi connectivity index (χ3v) is 6.02. The van der Waals surface area contributed by atoms with Crippen LogP contribution in [-0.2, 0) is 16.0 Å².